The minimum atomic E-state index is -0.260. The molecule has 4 nitrogen and oxygen atoms in total. The smallest absolute Gasteiger partial charge is 0.309 e. The van der Waals surface area contributed by atoms with Gasteiger partial charge in [-0.25, -0.2) is 0 Å². The Labute approximate surface area is 100 Å². The highest BCUT2D eigenvalue weighted by Gasteiger charge is 2.18. The first-order chi connectivity index (χ1) is 7.52. The van der Waals surface area contributed by atoms with Crippen LogP contribution in [-0.4, -0.2) is 36.5 Å². The number of esters is 1. The zero-order valence-electron chi connectivity index (χ0n) is 9.78. The summed E-state index contributed by atoms with van der Waals surface area (Å²) >= 11 is 1.41. The number of carbonyl (C=O) groups excluding carboxylic acids is 2. The summed E-state index contributed by atoms with van der Waals surface area (Å²) in [5.41, 5.74) is 0. The second kappa shape index (κ2) is 8.05. The first-order valence-electron chi connectivity index (χ1n) is 4.93. The lowest BCUT2D eigenvalue weighted by Gasteiger charge is -2.13. The molecule has 0 aliphatic rings. The van der Waals surface area contributed by atoms with E-state index in [2.05, 4.69) is 16.0 Å². The van der Waals surface area contributed by atoms with Crippen LogP contribution in [0.15, 0.2) is 0 Å². The van der Waals surface area contributed by atoms with E-state index in [1.165, 1.54) is 18.9 Å². The maximum Gasteiger partial charge on any atom is 0.309 e. The minimum absolute atomic E-state index is 0.111. The van der Waals surface area contributed by atoms with Gasteiger partial charge in [0.1, 0.15) is 0 Å². The van der Waals surface area contributed by atoms with Crippen LogP contribution in [0.1, 0.15) is 13.8 Å². The summed E-state index contributed by atoms with van der Waals surface area (Å²) in [5.74, 6) is 2.30. The maximum absolute atomic E-state index is 11.4. The maximum atomic E-state index is 11.4. The molecule has 1 N–H and O–H groups in total. The van der Waals surface area contributed by atoms with E-state index in [-0.39, 0.29) is 29.6 Å². The average molecular weight is 243 g/mol. The van der Waals surface area contributed by atoms with Crippen molar-refractivity contribution in [3.8, 4) is 12.3 Å². The van der Waals surface area contributed by atoms with Gasteiger partial charge >= 0.3 is 5.97 Å². The van der Waals surface area contributed by atoms with Crippen molar-refractivity contribution in [3.63, 3.8) is 0 Å². The van der Waals surface area contributed by atoms with Crippen LogP contribution < -0.4 is 5.32 Å². The molecule has 0 radical (unpaired) electrons. The highest BCUT2D eigenvalue weighted by atomic mass is 32.2. The van der Waals surface area contributed by atoms with Gasteiger partial charge in [0.05, 0.1) is 24.8 Å². The quantitative estimate of drug-likeness (QED) is 0.550. The molecular formula is C11H17NO3S. The van der Waals surface area contributed by atoms with Gasteiger partial charge in [-0.3, -0.25) is 9.59 Å². The lowest BCUT2D eigenvalue weighted by atomic mass is 10.2. The number of nitrogens with one attached hydrogen (secondary N) is 1. The third-order valence-corrected chi connectivity index (χ3v) is 3.34. The number of amides is 1. The van der Waals surface area contributed by atoms with Crippen molar-refractivity contribution in [2.45, 2.75) is 19.1 Å². The zero-order valence-corrected chi connectivity index (χ0v) is 10.6. The van der Waals surface area contributed by atoms with Crippen LogP contribution in [0.3, 0.4) is 0 Å². The Morgan fingerprint density at radius 3 is 2.62 bits per heavy atom. The van der Waals surface area contributed by atoms with E-state index in [0.717, 1.165) is 0 Å². The predicted octanol–water partition coefficient (Wildman–Crippen LogP) is 0.667. The van der Waals surface area contributed by atoms with Gasteiger partial charge in [0.2, 0.25) is 5.91 Å². The molecule has 90 valence electrons. The number of hydrogen-bond acceptors (Lipinski definition) is 4. The molecule has 2 unspecified atom stereocenters. The number of thioether (sulfide) groups is 1. The van der Waals surface area contributed by atoms with Crippen molar-refractivity contribution in [2.75, 3.05) is 19.4 Å². The molecule has 0 aliphatic carbocycles. The van der Waals surface area contributed by atoms with Gasteiger partial charge in [-0.15, -0.1) is 18.2 Å². The van der Waals surface area contributed by atoms with Crippen molar-refractivity contribution in [2.24, 2.45) is 5.92 Å². The average Bonchev–Trinajstić information content (AvgIpc) is 2.31. The first-order valence-corrected chi connectivity index (χ1v) is 5.98. The normalized spacial score (nSPS) is 13.4. The summed E-state index contributed by atoms with van der Waals surface area (Å²) in [7, 11) is 1.35. The Bertz CT molecular complexity index is 285. The van der Waals surface area contributed by atoms with Crippen LogP contribution in [-0.2, 0) is 14.3 Å². The molecular weight excluding hydrogens is 226 g/mol. The van der Waals surface area contributed by atoms with E-state index in [0.29, 0.717) is 5.75 Å². The van der Waals surface area contributed by atoms with Crippen LogP contribution >= 0.6 is 11.8 Å². The van der Waals surface area contributed by atoms with Gasteiger partial charge in [-0.05, 0) is 6.92 Å². The summed E-state index contributed by atoms with van der Waals surface area (Å²) in [4.78, 5) is 22.5. The molecule has 0 aromatic carbocycles. The van der Waals surface area contributed by atoms with Crippen molar-refractivity contribution >= 4 is 23.6 Å². The summed E-state index contributed by atoms with van der Waals surface area (Å²) in [6.45, 7) is 3.78. The molecule has 0 aromatic heterocycles. The van der Waals surface area contributed by atoms with E-state index < -0.39 is 0 Å². The monoisotopic (exact) mass is 243 g/mol. The second-order valence-electron chi connectivity index (χ2n) is 3.32. The third kappa shape index (κ3) is 5.66. The summed E-state index contributed by atoms with van der Waals surface area (Å²) in [6.07, 6.45) is 5.02. The summed E-state index contributed by atoms with van der Waals surface area (Å²) < 4.78 is 4.59. The Morgan fingerprint density at radius 1 is 1.50 bits per heavy atom. The van der Waals surface area contributed by atoms with Crippen molar-refractivity contribution in [1.82, 2.24) is 5.32 Å². The van der Waals surface area contributed by atoms with Crippen molar-refractivity contribution in [1.29, 1.82) is 0 Å². The predicted molar refractivity (Wildman–Crippen MR) is 64.9 cm³/mol. The molecule has 0 rings (SSSR count). The van der Waals surface area contributed by atoms with E-state index in [9.17, 15) is 9.59 Å². The van der Waals surface area contributed by atoms with Crippen molar-refractivity contribution in [3.05, 3.63) is 0 Å². The van der Waals surface area contributed by atoms with Crippen molar-refractivity contribution < 1.29 is 14.3 Å². The molecule has 0 heterocycles. The van der Waals surface area contributed by atoms with Crippen LogP contribution in [0.4, 0.5) is 0 Å². The highest BCUT2D eigenvalue weighted by Crippen LogP contribution is 2.15. The first kappa shape index (κ1) is 14.8. The third-order valence-electron chi connectivity index (χ3n) is 1.93. The van der Waals surface area contributed by atoms with E-state index in [1.54, 1.807) is 13.8 Å². The van der Waals surface area contributed by atoms with Gasteiger partial charge in [0.25, 0.3) is 0 Å². The van der Waals surface area contributed by atoms with Crippen LogP contribution in [0.5, 0.6) is 0 Å². The lowest BCUT2D eigenvalue weighted by Crippen LogP contribution is -2.32. The molecule has 16 heavy (non-hydrogen) atoms. The fraction of sp³-hybridized carbons (Fsp3) is 0.636. The molecule has 0 saturated carbocycles. The molecule has 0 saturated heterocycles. The topological polar surface area (TPSA) is 55.4 Å². The summed E-state index contributed by atoms with van der Waals surface area (Å²) in [5, 5.41) is 2.37. The highest BCUT2D eigenvalue weighted by molar-refractivity contribution is 8.00. The van der Waals surface area contributed by atoms with E-state index >= 15 is 0 Å². The molecule has 0 fully saturated rings. The molecule has 1 amide bonds. The van der Waals surface area contributed by atoms with E-state index in [4.69, 9.17) is 6.42 Å². The van der Waals surface area contributed by atoms with E-state index in [1.807, 2.05) is 0 Å². The van der Waals surface area contributed by atoms with Gasteiger partial charge in [0, 0.05) is 5.75 Å². The second-order valence-corrected chi connectivity index (χ2v) is 4.70. The lowest BCUT2D eigenvalue weighted by molar-refractivity contribution is -0.144. The molecule has 5 heteroatoms. The minimum Gasteiger partial charge on any atom is -0.469 e. The van der Waals surface area contributed by atoms with Crippen LogP contribution in [0, 0.1) is 18.3 Å². The molecule has 2 atom stereocenters. The van der Waals surface area contributed by atoms with Gasteiger partial charge in [-0.2, -0.15) is 0 Å². The van der Waals surface area contributed by atoms with Gasteiger partial charge in [0.15, 0.2) is 0 Å². The fourth-order valence-corrected chi connectivity index (χ4v) is 1.86. The number of hydrogen-bond donors (Lipinski definition) is 1. The zero-order chi connectivity index (χ0) is 12.6. The Balaban J connectivity index is 3.88. The molecule has 0 aliphatic heterocycles. The fourth-order valence-electron chi connectivity index (χ4n) is 0.915. The number of terminal acetylenes is 1. The summed E-state index contributed by atoms with van der Waals surface area (Å²) in [6, 6.07) is 0. The number of ether oxygens (including phenoxy) is 1. The molecule has 0 bridgehead atoms. The Morgan fingerprint density at radius 2 is 2.12 bits per heavy atom. The SMILES string of the molecule is C#CCNC(=O)C(C)SCC(C)C(=O)OC. The molecule has 0 aromatic rings. The van der Waals surface area contributed by atoms with Crippen LogP contribution in [0.2, 0.25) is 0 Å². The number of rotatable bonds is 6. The number of methoxy groups -OCH3 is 1. The Kier molecular flexibility index (Phi) is 7.48. The van der Waals surface area contributed by atoms with Gasteiger partial charge < -0.3 is 10.1 Å². The van der Waals surface area contributed by atoms with Gasteiger partial charge in [-0.1, -0.05) is 12.8 Å². The standard InChI is InChI=1S/C11H17NO3S/c1-5-6-12-10(13)9(3)16-7-8(2)11(14)15-4/h1,8-9H,6-7H2,2-4H3,(H,12,13). The Hall–Kier alpha value is -1.15. The largest absolute Gasteiger partial charge is 0.469 e. The van der Waals surface area contributed by atoms with Crippen LogP contribution in [0.25, 0.3) is 0 Å². The number of carbonyl (C=O) groups is 2. The molecule has 0 spiro atoms.